The molecule has 0 saturated heterocycles. The predicted octanol–water partition coefficient (Wildman–Crippen LogP) is 7.12. The van der Waals surface area contributed by atoms with E-state index in [0.717, 1.165) is 36.1 Å². The van der Waals surface area contributed by atoms with E-state index in [0.29, 0.717) is 37.0 Å². The van der Waals surface area contributed by atoms with E-state index in [2.05, 4.69) is 18.9 Å². The first-order valence-electron chi connectivity index (χ1n) is 14.3. The van der Waals surface area contributed by atoms with Crippen LogP contribution in [0.5, 0.6) is 0 Å². The summed E-state index contributed by atoms with van der Waals surface area (Å²) in [6.07, 6.45) is 6.66. The van der Waals surface area contributed by atoms with E-state index in [1.165, 1.54) is 25.7 Å². The number of benzene rings is 2. The van der Waals surface area contributed by atoms with Crippen molar-refractivity contribution in [3.05, 3.63) is 71.0 Å². The minimum Gasteiger partial charge on any atom is -0.443 e. The lowest BCUT2D eigenvalue weighted by atomic mass is 9.73. The standard InChI is InChI=1S/C31H43F3N2O4/c1-4-24(26-14-8-9-15-30(26)35(2)16-18-38-3)13-10-17-40-36(21-25-19-28(33)29(34)20-27(25)32)31(37)39-22-23-11-6-5-7-12-23/h5-7,11-12,19-20,24,26,30H,4,8-10,13-18,21-22H2,1-3H3. The maximum atomic E-state index is 14.4. The van der Waals surface area contributed by atoms with Crippen LogP contribution in [0.2, 0.25) is 0 Å². The summed E-state index contributed by atoms with van der Waals surface area (Å²) in [4.78, 5) is 21.1. The molecule has 40 heavy (non-hydrogen) atoms. The third kappa shape index (κ3) is 9.49. The Hall–Kier alpha value is -2.62. The second-order valence-electron chi connectivity index (χ2n) is 10.6. The molecule has 222 valence electrons. The highest BCUT2D eigenvalue weighted by atomic mass is 19.2. The second kappa shape index (κ2) is 16.6. The number of rotatable bonds is 15. The summed E-state index contributed by atoms with van der Waals surface area (Å²) < 4.78 is 52.3. The van der Waals surface area contributed by atoms with Crippen molar-refractivity contribution >= 4 is 6.09 Å². The molecule has 0 aromatic heterocycles. The van der Waals surface area contributed by atoms with Crippen LogP contribution < -0.4 is 0 Å². The molecule has 1 aliphatic carbocycles. The van der Waals surface area contributed by atoms with Gasteiger partial charge in [-0.15, -0.1) is 0 Å². The van der Waals surface area contributed by atoms with Crippen LogP contribution in [0.25, 0.3) is 0 Å². The van der Waals surface area contributed by atoms with Crippen molar-refractivity contribution < 1.29 is 32.3 Å². The number of carbonyl (C=O) groups excluding carboxylic acids is 1. The Morgan fingerprint density at radius 3 is 2.48 bits per heavy atom. The van der Waals surface area contributed by atoms with E-state index in [9.17, 15) is 18.0 Å². The van der Waals surface area contributed by atoms with Crippen LogP contribution in [0.3, 0.4) is 0 Å². The van der Waals surface area contributed by atoms with E-state index >= 15 is 0 Å². The van der Waals surface area contributed by atoms with E-state index in [-0.39, 0.29) is 18.8 Å². The minimum atomic E-state index is -1.29. The van der Waals surface area contributed by atoms with Crippen LogP contribution in [0.15, 0.2) is 42.5 Å². The number of likely N-dealkylation sites (N-methyl/N-ethyl adjacent to an activating group) is 1. The average molecular weight is 565 g/mol. The molecule has 3 atom stereocenters. The van der Waals surface area contributed by atoms with Crippen LogP contribution in [0.1, 0.15) is 63.0 Å². The molecule has 1 amide bonds. The smallest absolute Gasteiger partial charge is 0.434 e. The normalized spacial score (nSPS) is 18.1. The number of hydrogen-bond donors (Lipinski definition) is 0. The molecule has 9 heteroatoms. The van der Waals surface area contributed by atoms with Gasteiger partial charge in [0.25, 0.3) is 0 Å². The minimum absolute atomic E-state index is 0.00262. The summed E-state index contributed by atoms with van der Waals surface area (Å²) in [5.41, 5.74) is 0.573. The van der Waals surface area contributed by atoms with Gasteiger partial charge in [0.05, 0.1) is 19.8 Å². The predicted molar refractivity (Wildman–Crippen MR) is 148 cm³/mol. The van der Waals surface area contributed by atoms with Gasteiger partial charge < -0.3 is 14.4 Å². The van der Waals surface area contributed by atoms with Gasteiger partial charge in [-0.1, -0.05) is 56.5 Å². The molecule has 0 heterocycles. The number of halogens is 3. The molecule has 0 bridgehead atoms. The number of nitrogens with zero attached hydrogens (tertiary/aromatic N) is 2. The van der Waals surface area contributed by atoms with Gasteiger partial charge in [-0.2, -0.15) is 5.06 Å². The van der Waals surface area contributed by atoms with Crippen molar-refractivity contribution in [3.63, 3.8) is 0 Å². The Balaban J connectivity index is 1.61. The lowest BCUT2D eigenvalue weighted by Crippen LogP contribution is -2.44. The molecule has 0 N–H and O–H groups in total. The molecule has 2 aromatic rings. The Labute approximate surface area is 236 Å². The fraction of sp³-hybridized carbons (Fsp3) is 0.581. The van der Waals surface area contributed by atoms with Crippen molar-refractivity contribution in [2.45, 2.75) is 71.1 Å². The van der Waals surface area contributed by atoms with Gasteiger partial charge in [0, 0.05) is 31.3 Å². The Morgan fingerprint density at radius 2 is 1.75 bits per heavy atom. The first-order valence-corrected chi connectivity index (χ1v) is 14.3. The summed E-state index contributed by atoms with van der Waals surface area (Å²) in [5.74, 6) is -2.38. The fourth-order valence-corrected chi connectivity index (χ4v) is 5.67. The highest BCUT2D eigenvalue weighted by molar-refractivity contribution is 5.66. The molecule has 1 aliphatic rings. The van der Waals surface area contributed by atoms with Gasteiger partial charge in [0.1, 0.15) is 12.4 Å². The Morgan fingerprint density at radius 1 is 1.02 bits per heavy atom. The van der Waals surface area contributed by atoms with Crippen LogP contribution in [0.4, 0.5) is 18.0 Å². The first kappa shape index (κ1) is 31.9. The van der Waals surface area contributed by atoms with Crippen LogP contribution in [0, 0.1) is 29.3 Å². The van der Waals surface area contributed by atoms with Gasteiger partial charge in [-0.3, -0.25) is 4.84 Å². The van der Waals surface area contributed by atoms with Gasteiger partial charge in [0.15, 0.2) is 11.6 Å². The highest BCUT2D eigenvalue weighted by Gasteiger charge is 2.33. The maximum absolute atomic E-state index is 14.4. The van der Waals surface area contributed by atoms with E-state index in [1.54, 1.807) is 7.11 Å². The number of amides is 1. The zero-order chi connectivity index (χ0) is 28.9. The molecule has 1 saturated carbocycles. The first-order chi connectivity index (χ1) is 19.3. The third-order valence-electron chi connectivity index (χ3n) is 7.90. The Kier molecular flexibility index (Phi) is 13.2. The quantitative estimate of drug-likeness (QED) is 0.131. The number of methoxy groups -OCH3 is 1. The summed E-state index contributed by atoms with van der Waals surface area (Å²) in [7, 11) is 3.90. The summed E-state index contributed by atoms with van der Waals surface area (Å²) in [6.45, 7) is 3.61. The maximum Gasteiger partial charge on any atom is 0.434 e. The lowest BCUT2D eigenvalue weighted by molar-refractivity contribution is -0.146. The monoisotopic (exact) mass is 564 g/mol. The van der Waals surface area contributed by atoms with Crippen LogP contribution >= 0.6 is 0 Å². The van der Waals surface area contributed by atoms with Crippen molar-refractivity contribution in [2.24, 2.45) is 11.8 Å². The highest BCUT2D eigenvalue weighted by Crippen LogP contribution is 2.37. The van der Waals surface area contributed by atoms with Crippen molar-refractivity contribution in [1.29, 1.82) is 0 Å². The van der Waals surface area contributed by atoms with E-state index in [4.69, 9.17) is 14.3 Å². The summed E-state index contributed by atoms with van der Waals surface area (Å²) >= 11 is 0. The van der Waals surface area contributed by atoms with Gasteiger partial charge in [-0.25, -0.2) is 18.0 Å². The van der Waals surface area contributed by atoms with E-state index in [1.807, 2.05) is 30.3 Å². The van der Waals surface area contributed by atoms with Gasteiger partial charge in [-0.05, 0) is 56.2 Å². The third-order valence-corrected chi connectivity index (χ3v) is 7.90. The summed E-state index contributed by atoms with van der Waals surface area (Å²) in [5, 5.41) is 0.890. The number of ether oxygens (including phenoxy) is 2. The molecule has 2 aromatic carbocycles. The number of hydrogen-bond acceptors (Lipinski definition) is 5. The molecule has 0 spiro atoms. The molecule has 6 nitrogen and oxygen atoms in total. The Bertz CT molecular complexity index is 1040. The molecule has 1 fully saturated rings. The number of hydroxylamine groups is 2. The van der Waals surface area contributed by atoms with Crippen molar-refractivity contribution in [1.82, 2.24) is 9.96 Å². The topological polar surface area (TPSA) is 51.2 Å². The zero-order valence-corrected chi connectivity index (χ0v) is 23.9. The van der Waals surface area contributed by atoms with Crippen LogP contribution in [-0.2, 0) is 27.5 Å². The van der Waals surface area contributed by atoms with E-state index < -0.39 is 30.1 Å². The largest absolute Gasteiger partial charge is 0.443 e. The summed E-state index contributed by atoms with van der Waals surface area (Å²) in [6, 6.07) is 10.8. The average Bonchev–Trinajstić information content (AvgIpc) is 2.97. The zero-order valence-electron chi connectivity index (χ0n) is 23.9. The number of carbonyl (C=O) groups is 1. The molecule has 0 aliphatic heterocycles. The molecular formula is C31H43F3N2O4. The van der Waals surface area contributed by atoms with Gasteiger partial charge in [0.2, 0.25) is 0 Å². The van der Waals surface area contributed by atoms with Crippen molar-refractivity contribution in [3.8, 4) is 0 Å². The van der Waals surface area contributed by atoms with Crippen LogP contribution in [-0.4, -0.2) is 56.0 Å². The molecule has 3 rings (SSSR count). The lowest BCUT2D eigenvalue weighted by Gasteiger charge is -2.42. The van der Waals surface area contributed by atoms with Crippen molar-refractivity contribution in [2.75, 3.05) is 33.9 Å². The fourth-order valence-electron chi connectivity index (χ4n) is 5.67. The molecule has 0 radical (unpaired) electrons. The molecule has 3 unspecified atom stereocenters. The second-order valence-corrected chi connectivity index (χ2v) is 10.6. The molecular weight excluding hydrogens is 521 g/mol. The van der Waals surface area contributed by atoms with Gasteiger partial charge >= 0.3 is 6.09 Å². The SMILES string of the molecule is CCC(CCCON(Cc1cc(F)c(F)cc1F)C(=O)OCc1ccccc1)C1CCCCC1N(C)CCOC.